The summed E-state index contributed by atoms with van der Waals surface area (Å²) in [6, 6.07) is 0. The number of carbonyl (C=O) groups is 2. The van der Waals surface area contributed by atoms with Gasteiger partial charge in [-0.25, -0.2) is 4.79 Å². The second-order valence-electron chi connectivity index (χ2n) is 2.77. The molecule has 1 aromatic heterocycles. The van der Waals surface area contributed by atoms with Crippen LogP contribution in [0.5, 0.6) is 0 Å². The fourth-order valence-electron chi connectivity index (χ4n) is 0.867. The first kappa shape index (κ1) is 13.9. The molecule has 1 heterocycles. The third-order valence-corrected chi connectivity index (χ3v) is 3.65. The van der Waals surface area contributed by atoms with Crippen LogP contribution in [0.1, 0.15) is 23.1 Å². The fourth-order valence-corrected chi connectivity index (χ4v) is 2.60. The molecule has 0 aromatic carbocycles. The molecule has 94 valence electrons. The minimum absolute atomic E-state index is 0.229. The minimum atomic E-state index is -0.468. The third-order valence-electron chi connectivity index (χ3n) is 1.62. The van der Waals surface area contributed by atoms with Gasteiger partial charge in [0, 0.05) is 5.75 Å². The van der Waals surface area contributed by atoms with E-state index in [2.05, 4.69) is 14.9 Å². The van der Waals surface area contributed by atoms with Crippen LogP contribution >= 0.6 is 23.1 Å². The van der Waals surface area contributed by atoms with Gasteiger partial charge in [-0.2, -0.15) is 0 Å². The molecule has 0 atom stereocenters. The van der Waals surface area contributed by atoms with Gasteiger partial charge >= 0.3 is 11.9 Å². The molecule has 0 unspecified atom stereocenters. The number of ether oxygens (including phenoxy) is 2. The zero-order valence-electron chi connectivity index (χ0n) is 9.47. The quantitative estimate of drug-likeness (QED) is 0.573. The zero-order chi connectivity index (χ0) is 12.7. The van der Waals surface area contributed by atoms with Gasteiger partial charge in [-0.1, -0.05) is 23.1 Å². The van der Waals surface area contributed by atoms with E-state index in [1.54, 1.807) is 6.92 Å². The van der Waals surface area contributed by atoms with E-state index in [0.717, 1.165) is 11.3 Å². The van der Waals surface area contributed by atoms with Crippen LogP contribution < -0.4 is 0 Å². The molecule has 0 saturated heterocycles. The number of rotatable bonds is 6. The topological polar surface area (TPSA) is 78.4 Å². The molecule has 0 spiro atoms. The van der Waals surface area contributed by atoms with E-state index in [1.165, 1.54) is 18.9 Å². The largest absolute Gasteiger partial charge is 0.469 e. The van der Waals surface area contributed by atoms with Crippen molar-refractivity contribution in [1.82, 2.24) is 10.2 Å². The van der Waals surface area contributed by atoms with Crippen molar-refractivity contribution in [3.8, 4) is 0 Å². The van der Waals surface area contributed by atoms with Crippen LogP contribution in [0.4, 0.5) is 0 Å². The Hall–Kier alpha value is -1.15. The lowest BCUT2D eigenvalue weighted by Crippen LogP contribution is -2.03. The first-order valence-corrected chi connectivity index (χ1v) is 6.67. The molecule has 0 bridgehead atoms. The van der Waals surface area contributed by atoms with Crippen LogP contribution in [0.2, 0.25) is 0 Å². The van der Waals surface area contributed by atoms with E-state index >= 15 is 0 Å². The average Bonchev–Trinajstić information content (AvgIpc) is 2.78. The molecule has 0 amide bonds. The Bertz CT molecular complexity index is 394. The van der Waals surface area contributed by atoms with E-state index in [4.69, 9.17) is 4.74 Å². The van der Waals surface area contributed by atoms with Gasteiger partial charge in [0.2, 0.25) is 5.01 Å². The second kappa shape index (κ2) is 7.23. The van der Waals surface area contributed by atoms with E-state index in [0.29, 0.717) is 23.1 Å². The van der Waals surface area contributed by atoms with Crippen LogP contribution in [0.15, 0.2) is 4.34 Å². The van der Waals surface area contributed by atoms with E-state index in [9.17, 15) is 9.59 Å². The second-order valence-corrected chi connectivity index (χ2v) is 5.09. The van der Waals surface area contributed by atoms with Gasteiger partial charge in [0.25, 0.3) is 0 Å². The minimum Gasteiger partial charge on any atom is -0.469 e. The maximum absolute atomic E-state index is 11.3. The van der Waals surface area contributed by atoms with Gasteiger partial charge in [-0.05, 0) is 6.92 Å². The van der Waals surface area contributed by atoms with Gasteiger partial charge in [0.15, 0.2) is 4.34 Å². The van der Waals surface area contributed by atoms with Crippen molar-refractivity contribution in [2.45, 2.75) is 17.7 Å². The highest BCUT2D eigenvalue weighted by Crippen LogP contribution is 2.23. The first-order valence-electron chi connectivity index (χ1n) is 4.87. The Morgan fingerprint density at radius 3 is 2.82 bits per heavy atom. The molecular formula is C9H12N2O4S2. The lowest BCUT2D eigenvalue weighted by molar-refractivity contribution is -0.140. The molecule has 0 aliphatic heterocycles. The number of methoxy groups -OCH3 is 1. The Kier molecular flexibility index (Phi) is 5.92. The summed E-state index contributed by atoms with van der Waals surface area (Å²) in [6.07, 6.45) is 0.301. The molecule has 8 heteroatoms. The predicted octanol–water partition coefficient (Wildman–Crippen LogP) is 1.37. The van der Waals surface area contributed by atoms with E-state index in [1.807, 2.05) is 0 Å². The van der Waals surface area contributed by atoms with Crippen LogP contribution in [-0.2, 0) is 14.3 Å². The molecular weight excluding hydrogens is 264 g/mol. The number of hydrogen-bond acceptors (Lipinski definition) is 8. The molecule has 0 saturated carbocycles. The Morgan fingerprint density at radius 1 is 1.41 bits per heavy atom. The highest BCUT2D eigenvalue weighted by atomic mass is 32.2. The average molecular weight is 276 g/mol. The van der Waals surface area contributed by atoms with Crippen LogP contribution in [0.3, 0.4) is 0 Å². The highest BCUT2D eigenvalue weighted by Gasteiger charge is 2.14. The van der Waals surface area contributed by atoms with Crippen molar-refractivity contribution >= 4 is 35.0 Å². The SMILES string of the molecule is CCOC(=O)c1nnc(SCCC(=O)OC)s1. The van der Waals surface area contributed by atoms with E-state index in [-0.39, 0.29) is 11.0 Å². The highest BCUT2D eigenvalue weighted by molar-refractivity contribution is 8.01. The van der Waals surface area contributed by atoms with Crippen molar-refractivity contribution in [2.75, 3.05) is 19.5 Å². The lowest BCUT2D eigenvalue weighted by atomic mass is 10.5. The summed E-state index contributed by atoms with van der Waals surface area (Å²) >= 11 is 2.51. The maximum Gasteiger partial charge on any atom is 0.369 e. The summed E-state index contributed by atoms with van der Waals surface area (Å²) in [6.45, 7) is 2.04. The predicted molar refractivity (Wildman–Crippen MR) is 63.2 cm³/mol. The van der Waals surface area contributed by atoms with Gasteiger partial charge in [0.1, 0.15) is 0 Å². The zero-order valence-corrected chi connectivity index (χ0v) is 11.1. The maximum atomic E-state index is 11.3. The molecule has 0 aliphatic rings. The van der Waals surface area contributed by atoms with Crippen LogP contribution in [0, 0.1) is 0 Å². The summed E-state index contributed by atoms with van der Waals surface area (Å²) in [4.78, 5) is 22.1. The fraction of sp³-hybridized carbons (Fsp3) is 0.556. The number of carbonyl (C=O) groups excluding carboxylic acids is 2. The number of hydrogen-bond donors (Lipinski definition) is 0. The van der Waals surface area contributed by atoms with Crippen molar-refractivity contribution in [1.29, 1.82) is 0 Å². The lowest BCUT2D eigenvalue weighted by Gasteiger charge is -1.96. The van der Waals surface area contributed by atoms with Crippen LogP contribution in [0.25, 0.3) is 0 Å². The normalized spacial score (nSPS) is 10.0. The third kappa shape index (κ3) is 4.70. The number of nitrogens with zero attached hydrogens (tertiary/aromatic N) is 2. The summed E-state index contributed by atoms with van der Waals surface area (Å²) < 4.78 is 9.93. The van der Waals surface area contributed by atoms with Crippen molar-refractivity contribution < 1.29 is 19.1 Å². The molecule has 1 aromatic rings. The smallest absolute Gasteiger partial charge is 0.369 e. The van der Waals surface area contributed by atoms with Crippen molar-refractivity contribution in [3.05, 3.63) is 5.01 Å². The Labute approximate surface area is 107 Å². The summed E-state index contributed by atoms with van der Waals surface area (Å²) in [7, 11) is 1.34. The van der Waals surface area contributed by atoms with Gasteiger partial charge in [0.05, 0.1) is 20.1 Å². The van der Waals surface area contributed by atoms with Crippen LogP contribution in [-0.4, -0.2) is 41.6 Å². The number of thioether (sulfide) groups is 1. The summed E-state index contributed by atoms with van der Waals surface area (Å²) in [5.74, 6) is -0.193. The molecule has 6 nitrogen and oxygen atoms in total. The molecule has 0 fully saturated rings. The standard InChI is InChI=1S/C9H12N2O4S2/c1-3-15-8(13)7-10-11-9(17-7)16-5-4-6(12)14-2/h3-5H2,1-2H3. The van der Waals surface area contributed by atoms with Gasteiger partial charge < -0.3 is 9.47 Å². The molecule has 0 aliphatic carbocycles. The monoisotopic (exact) mass is 276 g/mol. The molecule has 17 heavy (non-hydrogen) atoms. The molecule has 0 radical (unpaired) electrons. The Balaban J connectivity index is 2.40. The van der Waals surface area contributed by atoms with E-state index < -0.39 is 5.97 Å². The summed E-state index contributed by atoms with van der Waals surface area (Å²) in [5.41, 5.74) is 0. The molecule has 0 N–H and O–H groups in total. The van der Waals surface area contributed by atoms with Crippen molar-refractivity contribution in [2.24, 2.45) is 0 Å². The number of esters is 2. The summed E-state index contributed by atoms with van der Waals surface area (Å²) in [5, 5.41) is 7.76. The van der Waals surface area contributed by atoms with Gasteiger partial charge in [-0.3, -0.25) is 4.79 Å². The van der Waals surface area contributed by atoms with Gasteiger partial charge in [-0.15, -0.1) is 10.2 Å². The Morgan fingerprint density at radius 2 is 2.18 bits per heavy atom. The van der Waals surface area contributed by atoms with Crippen molar-refractivity contribution in [3.63, 3.8) is 0 Å². The molecule has 1 rings (SSSR count). The number of aromatic nitrogens is 2. The first-order chi connectivity index (χ1) is 8.17.